The topological polar surface area (TPSA) is 20.2 Å². The van der Waals surface area contributed by atoms with E-state index in [4.69, 9.17) is 25.3 Å². The maximum Gasteiger partial charge on any atom is 0.122 e. The molecule has 3 rings (SSSR count). The molecule has 0 heterocycles. The van der Waals surface area contributed by atoms with Gasteiger partial charge in [0.1, 0.15) is 5.75 Å². The van der Waals surface area contributed by atoms with E-state index in [1.165, 1.54) is 11.1 Å². The molecule has 0 amide bonds. The molecule has 0 atom stereocenters. The van der Waals surface area contributed by atoms with Gasteiger partial charge in [-0.05, 0) is 69.4 Å². The van der Waals surface area contributed by atoms with Crippen molar-refractivity contribution in [3.05, 3.63) is 86.5 Å². The summed E-state index contributed by atoms with van der Waals surface area (Å²) in [5.41, 5.74) is 9.75. The highest BCUT2D eigenvalue weighted by Crippen LogP contribution is 2.44. The Kier molecular flexibility index (Phi) is 5.88. The van der Waals surface area contributed by atoms with Gasteiger partial charge in [0.15, 0.2) is 0 Å². The Morgan fingerprint density at radius 2 is 0.929 bits per heavy atom. The van der Waals surface area contributed by atoms with Crippen LogP contribution in [-0.4, -0.2) is 5.11 Å². The molecule has 3 aromatic carbocycles. The summed E-state index contributed by atoms with van der Waals surface area (Å²) in [5.74, 6) is 0.199. The molecule has 0 fully saturated rings. The van der Waals surface area contributed by atoms with Crippen LogP contribution in [0.3, 0.4) is 0 Å². The van der Waals surface area contributed by atoms with Crippen LogP contribution in [0.1, 0.15) is 56.0 Å². The van der Waals surface area contributed by atoms with Gasteiger partial charge >= 0.3 is 0 Å². The van der Waals surface area contributed by atoms with Gasteiger partial charge in [0.05, 0.1) is 0 Å². The van der Waals surface area contributed by atoms with Crippen LogP contribution < -0.4 is 0 Å². The van der Waals surface area contributed by atoms with Crippen LogP contribution in [0.5, 0.6) is 5.75 Å². The lowest BCUT2D eigenvalue weighted by atomic mass is 9.81. The minimum Gasteiger partial charge on any atom is -0.507 e. The summed E-state index contributed by atoms with van der Waals surface area (Å²) < 4.78 is 0. The van der Waals surface area contributed by atoms with Gasteiger partial charge in [0, 0.05) is 21.3 Å². The fourth-order valence-corrected chi connectivity index (χ4v) is 4.66. The van der Waals surface area contributed by atoms with Gasteiger partial charge in [0.25, 0.3) is 0 Å². The highest BCUT2D eigenvalue weighted by atomic mass is 32.1. The van der Waals surface area contributed by atoms with Crippen molar-refractivity contribution in [2.24, 2.45) is 0 Å². The molecule has 0 radical (unpaired) electrons. The zero-order valence-corrected chi connectivity index (χ0v) is 19.2. The van der Waals surface area contributed by atoms with E-state index in [0.717, 1.165) is 48.7 Å². The fraction of sp³-hybridized carbons (Fsp3) is 0.280. The second-order valence-corrected chi connectivity index (χ2v) is 8.89. The van der Waals surface area contributed by atoms with Crippen molar-refractivity contribution >= 4 is 25.3 Å². The molecule has 0 aliphatic rings. The predicted octanol–water partition coefficient (Wildman–Crippen LogP) is 7.00. The molecule has 0 bridgehead atoms. The Bertz CT molecular complexity index is 930. The van der Waals surface area contributed by atoms with E-state index in [0.29, 0.717) is 5.75 Å². The zero-order valence-electron chi connectivity index (χ0n) is 17.4. The molecule has 0 saturated heterocycles. The Labute approximate surface area is 179 Å². The molecule has 0 aliphatic carbocycles. The van der Waals surface area contributed by atoms with E-state index in [2.05, 4.69) is 65.0 Å². The smallest absolute Gasteiger partial charge is 0.122 e. The molecule has 0 aromatic heterocycles. The zero-order chi connectivity index (χ0) is 20.7. The van der Waals surface area contributed by atoms with Crippen molar-refractivity contribution in [2.45, 2.75) is 57.3 Å². The molecule has 0 unspecified atom stereocenters. The third kappa shape index (κ3) is 3.83. The SMILES string of the molecule is Cc1cc(C)c(O)c(C(c2cc(C)cc(C)c2S)c2cc(C)cc(C)c2S)c1. The van der Waals surface area contributed by atoms with Crippen molar-refractivity contribution in [3.63, 3.8) is 0 Å². The number of hydrogen-bond donors (Lipinski definition) is 3. The minimum absolute atomic E-state index is 0.143. The fourth-order valence-electron chi connectivity index (χ4n) is 4.14. The van der Waals surface area contributed by atoms with E-state index in [1.54, 1.807) is 0 Å². The van der Waals surface area contributed by atoms with Gasteiger partial charge < -0.3 is 5.11 Å². The lowest BCUT2D eigenvalue weighted by molar-refractivity contribution is 0.462. The average molecular weight is 409 g/mol. The molecule has 0 saturated carbocycles. The number of phenolic OH excluding ortho intramolecular Hbond substituents is 1. The lowest BCUT2D eigenvalue weighted by Gasteiger charge is -2.26. The number of hydrogen-bond acceptors (Lipinski definition) is 3. The van der Waals surface area contributed by atoms with Gasteiger partial charge in [-0.3, -0.25) is 0 Å². The summed E-state index contributed by atoms with van der Waals surface area (Å²) in [6.07, 6.45) is 0. The normalized spacial score (nSPS) is 11.3. The van der Waals surface area contributed by atoms with Crippen LogP contribution in [0.15, 0.2) is 46.2 Å². The van der Waals surface area contributed by atoms with Crippen LogP contribution in [0.2, 0.25) is 0 Å². The number of rotatable bonds is 3. The van der Waals surface area contributed by atoms with Crippen LogP contribution >= 0.6 is 25.3 Å². The highest BCUT2D eigenvalue weighted by Gasteiger charge is 2.26. The maximum atomic E-state index is 11.0. The Morgan fingerprint density at radius 3 is 1.36 bits per heavy atom. The van der Waals surface area contributed by atoms with E-state index in [1.807, 2.05) is 13.0 Å². The van der Waals surface area contributed by atoms with Gasteiger partial charge in [-0.1, -0.05) is 53.1 Å². The highest BCUT2D eigenvalue weighted by molar-refractivity contribution is 7.80. The summed E-state index contributed by atoms with van der Waals surface area (Å²) in [6, 6.07) is 12.8. The summed E-state index contributed by atoms with van der Waals surface area (Å²) in [5, 5.41) is 11.0. The Balaban J connectivity index is 2.44. The lowest BCUT2D eigenvalue weighted by Crippen LogP contribution is -2.09. The summed E-state index contributed by atoms with van der Waals surface area (Å²) in [6.45, 7) is 12.4. The quantitative estimate of drug-likeness (QED) is 0.315. The molecule has 1 nitrogen and oxygen atoms in total. The number of phenols is 1. The molecular formula is C25H28OS2. The van der Waals surface area contributed by atoms with Crippen LogP contribution in [-0.2, 0) is 0 Å². The first-order valence-corrected chi connectivity index (χ1v) is 10.4. The first-order valence-electron chi connectivity index (χ1n) is 9.50. The summed E-state index contributed by atoms with van der Waals surface area (Å²) >= 11 is 9.73. The second kappa shape index (κ2) is 7.88. The maximum absolute atomic E-state index is 11.0. The molecule has 3 heteroatoms. The third-order valence-electron chi connectivity index (χ3n) is 5.36. The van der Waals surface area contributed by atoms with Crippen molar-refractivity contribution in [3.8, 4) is 5.75 Å². The monoisotopic (exact) mass is 408 g/mol. The van der Waals surface area contributed by atoms with E-state index < -0.39 is 0 Å². The molecule has 3 aromatic rings. The van der Waals surface area contributed by atoms with Gasteiger partial charge in [0.2, 0.25) is 0 Å². The predicted molar refractivity (Wildman–Crippen MR) is 125 cm³/mol. The van der Waals surface area contributed by atoms with Gasteiger partial charge in [-0.25, -0.2) is 0 Å². The van der Waals surface area contributed by atoms with Crippen LogP contribution in [0.4, 0.5) is 0 Å². The third-order valence-corrected chi connectivity index (χ3v) is 6.58. The molecule has 0 spiro atoms. The molecule has 28 heavy (non-hydrogen) atoms. The van der Waals surface area contributed by atoms with Crippen molar-refractivity contribution in [1.29, 1.82) is 0 Å². The minimum atomic E-state index is -0.143. The van der Waals surface area contributed by atoms with Crippen LogP contribution in [0, 0.1) is 41.5 Å². The largest absolute Gasteiger partial charge is 0.507 e. The molecule has 146 valence electrons. The Morgan fingerprint density at radius 1 is 0.571 bits per heavy atom. The summed E-state index contributed by atoms with van der Waals surface area (Å²) in [7, 11) is 0. The first kappa shape index (κ1) is 20.9. The van der Waals surface area contributed by atoms with Gasteiger partial charge in [-0.2, -0.15) is 0 Å². The van der Waals surface area contributed by atoms with Crippen molar-refractivity contribution < 1.29 is 5.11 Å². The van der Waals surface area contributed by atoms with E-state index in [-0.39, 0.29) is 5.92 Å². The number of benzene rings is 3. The summed E-state index contributed by atoms with van der Waals surface area (Å²) in [4.78, 5) is 1.92. The second-order valence-electron chi connectivity index (χ2n) is 7.99. The molecule has 1 N–H and O–H groups in total. The number of thiol groups is 2. The van der Waals surface area contributed by atoms with Gasteiger partial charge in [-0.15, -0.1) is 25.3 Å². The number of aryl methyl sites for hydroxylation is 6. The molecule has 0 aliphatic heterocycles. The molecular weight excluding hydrogens is 380 g/mol. The average Bonchev–Trinajstić information content (AvgIpc) is 2.60. The van der Waals surface area contributed by atoms with Crippen molar-refractivity contribution in [2.75, 3.05) is 0 Å². The standard InChI is InChI=1S/C25H28OS2/c1-13-7-16(4)23(26)19(10-13)22(20-11-14(2)8-17(5)24(20)27)21-12-15(3)9-18(6)25(21)28/h7-12,22,26-28H,1-6H3. The van der Waals surface area contributed by atoms with Crippen molar-refractivity contribution in [1.82, 2.24) is 0 Å². The van der Waals surface area contributed by atoms with E-state index >= 15 is 0 Å². The Hall–Kier alpha value is -1.84. The van der Waals surface area contributed by atoms with Crippen LogP contribution in [0.25, 0.3) is 0 Å². The first-order chi connectivity index (χ1) is 13.1. The van der Waals surface area contributed by atoms with E-state index in [9.17, 15) is 5.11 Å². The number of aromatic hydroxyl groups is 1.